The summed E-state index contributed by atoms with van der Waals surface area (Å²) in [4.78, 5) is 0. The highest BCUT2D eigenvalue weighted by atomic mass is 32.2. The van der Waals surface area contributed by atoms with Crippen LogP contribution < -0.4 is 0 Å². The highest BCUT2D eigenvalue weighted by molar-refractivity contribution is 8.09. The van der Waals surface area contributed by atoms with Crippen LogP contribution in [0.1, 0.15) is 39.5 Å². The molecule has 3 saturated carbocycles. The summed E-state index contributed by atoms with van der Waals surface area (Å²) in [5, 5.41) is 0. The second-order valence-electron chi connectivity index (χ2n) is 4.86. The Morgan fingerprint density at radius 2 is 1.27 bits per heavy atom. The second-order valence-corrected chi connectivity index (χ2v) is 6.76. The van der Waals surface area contributed by atoms with Crippen LogP contribution in [0.3, 0.4) is 0 Å². The molecule has 0 aromatic carbocycles. The molecule has 2 unspecified atom stereocenters. The van der Waals surface area contributed by atoms with Gasteiger partial charge in [0.25, 0.3) is 0 Å². The first-order valence-corrected chi connectivity index (χ1v) is 5.69. The smallest absolute Gasteiger partial charge is 0.0312 e. The molecule has 4 aliphatic rings. The van der Waals surface area contributed by atoms with Crippen LogP contribution in [0.15, 0.2) is 0 Å². The molecule has 11 heavy (non-hydrogen) atoms. The molecular formula is C10H16S. The lowest BCUT2D eigenvalue weighted by molar-refractivity contribution is 0.131. The summed E-state index contributed by atoms with van der Waals surface area (Å²) in [5.74, 6) is 2.14. The molecular weight excluding hydrogens is 152 g/mol. The zero-order chi connectivity index (χ0) is 7.69. The number of thioether (sulfide) groups is 1. The Morgan fingerprint density at radius 3 is 1.55 bits per heavy atom. The Bertz CT molecular complexity index is 183. The van der Waals surface area contributed by atoms with Gasteiger partial charge in [-0.2, -0.15) is 0 Å². The second kappa shape index (κ2) is 1.66. The van der Waals surface area contributed by atoms with E-state index < -0.39 is 0 Å². The minimum Gasteiger partial charge on any atom is -0.145 e. The van der Waals surface area contributed by atoms with Crippen LogP contribution in [-0.4, -0.2) is 9.49 Å². The standard InChI is InChI=1S/C10H16S/c1-9-7-3-5-8(6-4-7)10(9,2)11-9/h7-8H,3-6H2,1-2H3. The average molecular weight is 168 g/mol. The van der Waals surface area contributed by atoms with Crippen molar-refractivity contribution in [1.29, 1.82) is 0 Å². The Kier molecular flexibility index (Phi) is 1.03. The monoisotopic (exact) mass is 168 g/mol. The van der Waals surface area contributed by atoms with E-state index in [9.17, 15) is 0 Å². The van der Waals surface area contributed by atoms with E-state index in [0.29, 0.717) is 9.49 Å². The zero-order valence-corrected chi connectivity index (χ0v) is 8.21. The van der Waals surface area contributed by atoms with Gasteiger partial charge in [0.15, 0.2) is 0 Å². The molecule has 0 nitrogen and oxygen atoms in total. The van der Waals surface area contributed by atoms with Crippen LogP contribution in [0.4, 0.5) is 0 Å². The summed E-state index contributed by atoms with van der Waals surface area (Å²) in [6, 6.07) is 0. The molecule has 1 saturated heterocycles. The van der Waals surface area contributed by atoms with Gasteiger partial charge in [0.05, 0.1) is 0 Å². The van der Waals surface area contributed by atoms with Crippen molar-refractivity contribution in [1.82, 2.24) is 0 Å². The molecule has 2 atom stereocenters. The Morgan fingerprint density at radius 1 is 0.909 bits per heavy atom. The maximum atomic E-state index is 2.51. The van der Waals surface area contributed by atoms with E-state index in [1.807, 2.05) is 0 Å². The van der Waals surface area contributed by atoms with Gasteiger partial charge in [-0.1, -0.05) is 0 Å². The first-order chi connectivity index (χ1) is 5.17. The molecule has 1 aliphatic heterocycles. The average Bonchev–Trinajstić information content (AvgIpc) is 2.60. The van der Waals surface area contributed by atoms with E-state index in [1.54, 1.807) is 0 Å². The SMILES string of the molecule is CC12SC1(C)C1CCC2CC1. The largest absolute Gasteiger partial charge is 0.145 e. The first kappa shape index (κ1) is 6.82. The van der Waals surface area contributed by atoms with Crippen LogP contribution in [-0.2, 0) is 0 Å². The fraction of sp³-hybridized carbons (Fsp3) is 1.00. The Balaban J connectivity index is 2.03. The van der Waals surface area contributed by atoms with Crippen molar-refractivity contribution >= 4 is 11.8 Å². The molecule has 2 bridgehead atoms. The van der Waals surface area contributed by atoms with E-state index >= 15 is 0 Å². The number of hydrogen-bond donors (Lipinski definition) is 0. The van der Waals surface area contributed by atoms with Gasteiger partial charge in [0.1, 0.15) is 0 Å². The Hall–Kier alpha value is 0.350. The molecule has 1 heterocycles. The molecule has 1 heteroatoms. The highest BCUT2D eigenvalue weighted by Gasteiger charge is 2.72. The third-order valence-corrected chi connectivity index (χ3v) is 6.81. The summed E-state index contributed by atoms with van der Waals surface area (Å²) in [5.41, 5.74) is 0. The lowest BCUT2D eigenvalue weighted by Gasteiger charge is -2.43. The lowest BCUT2D eigenvalue weighted by atomic mass is 9.60. The quantitative estimate of drug-likeness (QED) is 0.501. The van der Waals surface area contributed by atoms with Crippen molar-refractivity contribution in [2.24, 2.45) is 11.8 Å². The molecule has 0 N–H and O–H groups in total. The fourth-order valence-corrected chi connectivity index (χ4v) is 5.56. The predicted molar refractivity (Wildman–Crippen MR) is 49.8 cm³/mol. The third kappa shape index (κ3) is 0.577. The molecule has 4 rings (SSSR count). The predicted octanol–water partition coefficient (Wildman–Crippen LogP) is 3.07. The van der Waals surface area contributed by atoms with Crippen LogP contribution in [0.5, 0.6) is 0 Å². The molecule has 0 amide bonds. The minimum atomic E-state index is 0.716. The van der Waals surface area contributed by atoms with Crippen LogP contribution in [0.25, 0.3) is 0 Å². The van der Waals surface area contributed by atoms with Gasteiger partial charge in [-0.3, -0.25) is 0 Å². The lowest BCUT2D eigenvalue weighted by Crippen LogP contribution is -2.44. The van der Waals surface area contributed by atoms with E-state index in [1.165, 1.54) is 25.7 Å². The fourth-order valence-electron chi connectivity index (χ4n) is 3.59. The first-order valence-electron chi connectivity index (χ1n) is 4.87. The molecule has 0 aromatic rings. The third-order valence-electron chi connectivity index (χ3n) is 4.65. The van der Waals surface area contributed by atoms with E-state index in [0.717, 1.165) is 11.8 Å². The van der Waals surface area contributed by atoms with Crippen LogP contribution >= 0.6 is 11.8 Å². The minimum absolute atomic E-state index is 0.716. The van der Waals surface area contributed by atoms with Crippen molar-refractivity contribution in [3.8, 4) is 0 Å². The van der Waals surface area contributed by atoms with Gasteiger partial charge in [0, 0.05) is 9.49 Å². The van der Waals surface area contributed by atoms with Crippen molar-refractivity contribution in [3.05, 3.63) is 0 Å². The number of rotatable bonds is 0. The normalized spacial score (nSPS) is 66.0. The number of hydrogen-bond acceptors (Lipinski definition) is 1. The maximum absolute atomic E-state index is 2.51. The molecule has 0 radical (unpaired) electrons. The van der Waals surface area contributed by atoms with Gasteiger partial charge < -0.3 is 0 Å². The molecule has 0 spiro atoms. The van der Waals surface area contributed by atoms with Gasteiger partial charge in [-0.15, -0.1) is 11.8 Å². The number of fused-ring (bicyclic) bond motifs is 2. The topological polar surface area (TPSA) is 0 Å². The Labute approximate surface area is 73.1 Å². The van der Waals surface area contributed by atoms with Crippen molar-refractivity contribution in [2.45, 2.75) is 49.0 Å². The summed E-state index contributed by atoms with van der Waals surface area (Å²) < 4.78 is 1.43. The summed E-state index contributed by atoms with van der Waals surface area (Å²) in [6.07, 6.45) is 6.13. The van der Waals surface area contributed by atoms with E-state index in [4.69, 9.17) is 0 Å². The summed E-state index contributed by atoms with van der Waals surface area (Å²) >= 11 is 2.28. The maximum Gasteiger partial charge on any atom is 0.0312 e. The molecule has 0 aromatic heterocycles. The molecule has 4 fully saturated rings. The molecule has 62 valence electrons. The molecule has 3 aliphatic carbocycles. The van der Waals surface area contributed by atoms with Crippen LogP contribution in [0.2, 0.25) is 0 Å². The van der Waals surface area contributed by atoms with Gasteiger partial charge in [0.2, 0.25) is 0 Å². The summed E-state index contributed by atoms with van der Waals surface area (Å²) in [7, 11) is 0. The van der Waals surface area contributed by atoms with Crippen LogP contribution in [0, 0.1) is 11.8 Å². The van der Waals surface area contributed by atoms with Crippen molar-refractivity contribution < 1.29 is 0 Å². The van der Waals surface area contributed by atoms with Gasteiger partial charge >= 0.3 is 0 Å². The van der Waals surface area contributed by atoms with E-state index in [-0.39, 0.29) is 0 Å². The van der Waals surface area contributed by atoms with E-state index in [2.05, 4.69) is 25.6 Å². The highest BCUT2D eigenvalue weighted by Crippen LogP contribution is 2.77. The van der Waals surface area contributed by atoms with Gasteiger partial charge in [-0.05, 0) is 51.4 Å². The zero-order valence-electron chi connectivity index (χ0n) is 7.39. The van der Waals surface area contributed by atoms with Gasteiger partial charge in [-0.25, -0.2) is 0 Å². The summed E-state index contributed by atoms with van der Waals surface area (Å²) in [6.45, 7) is 5.02. The van der Waals surface area contributed by atoms with Crippen molar-refractivity contribution in [3.63, 3.8) is 0 Å². The van der Waals surface area contributed by atoms with Crippen molar-refractivity contribution in [2.75, 3.05) is 0 Å².